The summed E-state index contributed by atoms with van der Waals surface area (Å²) in [5, 5.41) is 9.58. The van der Waals surface area contributed by atoms with E-state index in [2.05, 4.69) is 0 Å². The molecule has 1 aliphatic heterocycles. The van der Waals surface area contributed by atoms with E-state index in [9.17, 15) is 23.5 Å². The van der Waals surface area contributed by atoms with Gasteiger partial charge in [-0.25, -0.2) is 13.6 Å². The SMILES string of the molecule is CCCC1(C(=O)O)CCCN1C(=O)C1CCC(F)(F)CC1. The first-order valence-corrected chi connectivity index (χ1v) is 7.75. The second-order valence-corrected chi connectivity index (χ2v) is 6.31. The van der Waals surface area contributed by atoms with Crippen LogP contribution in [0.3, 0.4) is 0 Å². The molecule has 2 rings (SSSR count). The zero-order valence-corrected chi connectivity index (χ0v) is 12.4. The van der Waals surface area contributed by atoms with Crippen LogP contribution in [0.2, 0.25) is 0 Å². The normalized spacial score (nSPS) is 29.6. The predicted octanol–water partition coefficient (Wildman–Crippen LogP) is 3.06. The molecule has 1 amide bonds. The number of carbonyl (C=O) groups excluding carboxylic acids is 1. The second kappa shape index (κ2) is 5.89. The third-order valence-electron chi connectivity index (χ3n) is 4.88. The fraction of sp³-hybridized carbons (Fsp3) is 0.867. The van der Waals surface area contributed by atoms with Crippen molar-refractivity contribution in [1.29, 1.82) is 0 Å². The summed E-state index contributed by atoms with van der Waals surface area (Å²) >= 11 is 0. The van der Waals surface area contributed by atoms with Crippen molar-refractivity contribution < 1.29 is 23.5 Å². The summed E-state index contributed by atoms with van der Waals surface area (Å²) < 4.78 is 26.4. The van der Waals surface area contributed by atoms with Gasteiger partial charge in [0.25, 0.3) is 0 Å². The molecule has 2 fully saturated rings. The van der Waals surface area contributed by atoms with Crippen LogP contribution in [0.15, 0.2) is 0 Å². The van der Waals surface area contributed by atoms with Crippen molar-refractivity contribution in [2.45, 2.75) is 69.8 Å². The van der Waals surface area contributed by atoms with Gasteiger partial charge in [0.15, 0.2) is 0 Å². The first-order valence-electron chi connectivity index (χ1n) is 7.75. The summed E-state index contributed by atoms with van der Waals surface area (Å²) in [4.78, 5) is 25.8. The molecule has 6 heteroatoms. The number of hydrogen-bond donors (Lipinski definition) is 1. The lowest BCUT2D eigenvalue weighted by Gasteiger charge is -2.38. The van der Waals surface area contributed by atoms with Crippen LogP contribution in [0, 0.1) is 5.92 Å². The largest absolute Gasteiger partial charge is 0.479 e. The molecule has 1 atom stereocenters. The molecule has 2 aliphatic rings. The standard InChI is InChI=1S/C15H23F2NO3/c1-2-6-14(13(20)21)7-3-10-18(14)12(19)11-4-8-15(16,17)9-5-11/h11H,2-10H2,1H3,(H,20,21). The van der Waals surface area contributed by atoms with E-state index in [1.54, 1.807) is 0 Å². The average molecular weight is 303 g/mol. The molecule has 21 heavy (non-hydrogen) atoms. The van der Waals surface area contributed by atoms with Crippen LogP contribution < -0.4 is 0 Å². The Kier molecular flexibility index (Phi) is 4.54. The Bertz CT molecular complexity index is 417. The van der Waals surface area contributed by atoms with E-state index in [0.29, 0.717) is 32.2 Å². The van der Waals surface area contributed by atoms with Crippen molar-refractivity contribution >= 4 is 11.9 Å². The van der Waals surface area contributed by atoms with Crippen molar-refractivity contribution in [1.82, 2.24) is 4.90 Å². The number of carbonyl (C=O) groups is 2. The lowest BCUT2D eigenvalue weighted by atomic mass is 9.84. The highest BCUT2D eigenvalue weighted by Crippen LogP contribution is 2.40. The van der Waals surface area contributed by atoms with E-state index in [4.69, 9.17) is 0 Å². The first-order chi connectivity index (χ1) is 9.82. The fourth-order valence-electron chi connectivity index (χ4n) is 3.71. The van der Waals surface area contributed by atoms with Crippen LogP contribution in [0.1, 0.15) is 58.3 Å². The quantitative estimate of drug-likeness (QED) is 0.868. The highest BCUT2D eigenvalue weighted by molar-refractivity contribution is 5.89. The van der Waals surface area contributed by atoms with E-state index >= 15 is 0 Å². The molecule has 4 nitrogen and oxygen atoms in total. The van der Waals surface area contributed by atoms with Gasteiger partial charge in [-0.1, -0.05) is 13.3 Å². The summed E-state index contributed by atoms with van der Waals surface area (Å²) in [6, 6.07) is 0. The average Bonchev–Trinajstić information content (AvgIpc) is 2.83. The van der Waals surface area contributed by atoms with Gasteiger partial charge in [0.2, 0.25) is 11.8 Å². The highest BCUT2D eigenvalue weighted by atomic mass is 19.3. The third-order valence-corrected chi connectivity index (χ3v) is 4.88. The number of aliphatic carboxylic acids is 1. The van der Waals surface area contributed by atoms with Gasteiger partial charge < -0.3 is 10.0 Å². The third kappa shape index (κ3) is 3.04. The lowest BCUT2D eigenvalue weighted by molar-refractivity contribution is -0.160. The first kappa shape index (κ1) is 16.2. The molecule has 1 saturated heterocycles. The van der Waals surface area contributed by atoms with E-state index in [-0.39, 0.29) is 31.6 Å². The lowest BCUT2D eigenvalue weighted by Crippen LogP contribution is -2.55. The summed E-state index contributed by atoms with van der Waals surface area (Å²) in [5.41, 5.74) is -1.12. The van der Waals surface area contributed by atoms with Gasteiger partial charge in [-0.2, -0.15) is 0 Å². The summed E-state index contributed by atoms with van der Waals surface area (Å²) in [6.07, 6.45) is 2.01. The van der Waals surface area contributed by atoms with Crippen molar-refractivity contribution in [2.24, 2.45) is 5.92 Å². The Hall–Kier alpha value is -1.20. The molecule has 0 aromatic heterocycles. The maximum atomic E-state index is 13.2. The van der Waals surface area contributed by atoms with Crippen molar-refractivity contribution in [3.05, 3.63) is 0 Å². The van der Waals surface area contributed by atoms with E-state index in [1.807, 2.05) is 6.92 Å². The molecule has 0 bridgehead atoms. The van der Waals surface area contributed by atoms with Crippen molar-refractivity contribution in [2.75, 3.05) is 6.54 Å². The van der Waals surface area contributed by atoms with Gasteiger partial charge in [-0.15, -0.1) is 0 Å². The van der Waals surface area contributed by atoms with Crippen molar-refractivity contribution in [3.63, 3.8) is 0 Å². The Morgan fingerprint density at radius 2 is 1.86 bits per heavy atom. The number of carboxylic acid groups (broad SMARTS) is 1. The molecule has 1 aliphatic carbocycles. The number of rotatable bonds is 4. The highest BCUT2D eigenvalue weighted by Gasteiger charge is 2.51. The van der Waals surface area contributed by atoms with Crippen LogP contribution in [-0.4, -0.2) is 39.9 Å². The van der Waals surface area contributed by atoms with E-state index in [0.717, 1.165) is 0 Å². The summed E-state index contributed by atoms with van der Waals surface area (Å²) in [6.45, 7) is 2.32. The Balaban J connectivity index is 2.12. The Morgan fingerprint density at radius 1 is 1.24 bits per heavy atom. The van der Waals surface area contributed by atoms with Crippen LogP contribution in [0.4, 0.5) is 8.78 Å². The van der Waals surface area contributed by atoms with Gasteiger partial charge in [0.1, 0.15) is 5.54 Å². The zero-order valence-electron chi connectivity index (χ0n) is 12.4. The van der Waals surface area contributed by atoms with E-state index in [1.165, 1.54) is 4.90 Å². The number of hydrogen-bond acceptors (Lipinski definition) is 2. The molecule has 0 aromatic carbocycles. The molecule has 1 N–H and O–H groups in total. The van der Waals surface area contributed by atoms with E-state index < -0.39 is 23.3 Å². The number of halogens is 2. The van der Waals surface area contributed by atoms with Gasteiger partial charge in [0.05, 0.1) is 0 Å². The number of amides is 1. The zero-order chi connectivity index (χ0) is 15.7. The minimum absolute atomic E-state index is 0.157. The van der Waals surface area contributed by atoms with Gasteiger partial charge in [-0.05, 0) is 32.1 Å². The maximum Gasteiger partial charge on any atom is 0.329 e. The Labute approximate surface area is 123 Å². The Morgan fingerprint density at radius 3 is 2.38 bits per heavy atom. The van der Waals surface area contributed by atoms with Crippen LogP contribution >= 0.6 is 0 Å². The van der Waals surface area contributed by atoms with Gasteiger partial charge >= 0.3 is 5.97 Å². The molecule has 1 heterocycles. The van der Waals surface area contributed by atoms with Crippen LogP contribution in [0.5, 0.6) is 0 Å². The smallest absolute Gasteiger partial charge is 0.329 e. The minimum Gasteiger partial charge on any atom is -0.479 e. The molecule has 0 aromatic rings. The van der Waals surface area contributed by atoms with Gasteiger partial charge in [0, 0.05) is 25.3 Å². The number of nitrogens with zero attached hydrogens (tertiary/aromatic N) is 1. The van der Waals surface area contributed by atoms with Gasteiger partial charge in [-0.3, -0.25) is 4.79 Å². The number of likely N-dealkylation sites (tertiary alicyclic amines) is 1. The molecule has 1 saturated carbocycles. The molecular formula is C15H23F2NO3. The van der Waals surface area contributed by atoms with Crippen LogP contribution in [0.25, 0.3) is 0 Å². The molecule has 120 valence electrons. The maximum absolute atomic E-state index is 13.2. The second-order valence-electron chi connectivity index (χ2n) is 6.31. The number of carboxylic acids is 1. The van der Waals surface area contributed by atoms with Crippen LogP contribution in [-0.2, 0) is 9.59 Å². The topological polar surface area (TPSA) is 57.6 Å². The monoisotopic (exact) mass is 303 g/mol. The molecule has 1 unspecified atom stereocenters. The fourth-order valence-corrected chi connectivity index (χ4v) is 3.71. The van der Waals surface area contributed by atoms with Crippen molar-refractivity contribution in [3.8, 4) is 0 Å². The summed E-state index contributed by atoms with van der Waals surface area (Å²) in [5.74, 6) is -4.32. The molecular weight excluding hydrogens is 280 g/mol. The summed E-state index contributed by atoms with van der Waals surface area (Å²) in [7, 11) is 0. The predicted molar refractivity (Wildman–Crippen MR) is 73.1 cm³/mol. The molecule has 0 spiro atoms. The molecule has 0 radical (unpaired) electrons. The minimum atomic E-state index is -2.67. The number of alkyl halides is 2.